The van der Waals surface area contributed by atoms with Gasteiger partial charge in [0.15, 0.2) is 11.2 Å². The maximum atomic E-state index is 11.7. The van der Waals surface area contributed by atoms with E-state index in [0.717, 1.165) is 34.4 Å². The van der Waals surface area contributed by atoms with Gasteiger partial charge >= 0.3 is 5.69 Å². The van der Waals surface area contributed by atoms with Crippen molar-refractivity contribution in [2.45, 2.75) is 16.6 Å². The van der Waals surface area contributed by atoms with Crippen molar-refractivity contribution in [1.29, 1.82) is 0 Å². The van der Waals surface area contributed by atoms with Crippen LogP contribution in [0, 0.1) is 10.1 Å². The Kier molecular flexibility index (Phi) is 4.18. The third-order valence-electron chi connectivity index (χ3n) is 4.41. The highest BCUT2D eigenvalue weighted by atomic mass is 32.2. The first kappa shape index (κ1) is 17.6. The molecule has 0 fully saturated rings. The van der Waals surface area contributed by atoms with Crippen LogP contribution in [0.25, 0.3) is 33.1 Å². The van der Waals surface area contributed by atoms with Crippen molar-refractivity contribution in [3.63, 3.8) is 0 Å². The number of rotatable bonds is 5. The zero-order chi connectivity index (χ0) is 20.0. The molecule has 0 spiro atoms. The number of fused-ring (bicyclic) bond motifs is 4. The first-order valence-corrected chi connectivity index (χ1v) is 10.0. The minimum atomic E-state index is -0.452. The van der Waals surface area contributed by atoms with Crippen molar-refractivity contribution in [3.8, 4) is 0 Å². The van der Waals surface area contributed by atoms with Gasteiger partial charge in [-0.2, -0.15) is 8.75 Å². The molecule has 0 N–H and O–H groups in total. The molecular formula is C18H11N7O2S2. The van der Waals surface area contributed by atoms with Crippen molar-refractivity contribution in [2.24, 2.45) is 0 Å². The first-order chi connectivity index (χ1) is 14.2. The van der Waals surface area contributed by atoms with E-state index >= 15 is 0 Å². The van der Waals surface area contributed by atoms with Crippen molar-refractivity contribution < 1.29 is 4.92 Å². The fourth-order valence-corrected chi connectivity index (χ4v) is 4.58. The lowest BCUT2D eigenvalue weighted by Gasteiger charge is -2.04. The van der Waals surface area contributed by atoms with Crippen LogP contribution in [0.2, 0.25) is 0 Å². The molecule has 9 nitrogen and oxygen atoms in total. The predicted octanol–water partition coefficient (Wildman–Crippen LogP) is 4.23. The fourth-order valence-electron chi connectivity index (χ4n) is 3.22. The van der Waals surface area contributed by atoms with Gasteiger partial charge in [-0.3, -0.25) is 10.1 Å². The Morgan fingerprint density at radius 3 is 2.86 bits per heavy atom. The molecule has 29 heavy (non-hydrogen) atoms. The molecule has 0 saturated carbocycles. The molecular weight excluding hydrogens is 410 g/mol. The van der Waals surface area contributed by atoms with Crippen molar-refractivity contribution in [2.75, 3.05) is 0 Å². The van der Waals surface area contributed by atoms with Crippen LogP contribution in [0.5, 0.6) is 0 Å². The quantitative estimate of drug-likeness (QED) is 0.235. The van der Waals surface area contributed by atoms with E-state index in [1.54, 1.807) is 18.2 Å². The molecule has 0 amide bonds. The minimum absolute atomic E-state index is 0.100. The van der Waals surface area contributed by atoms with Gasteiger partial charge in [-0.1, -0.05) is 24.3 Å². The summed E-state index contributed by atoms with van der Waals surface area (Å²) in [4.78, 5) is 16.2. The normalized spacial score (nSPS) is 11.4. The van der Waals surface area contributed by atoms with E-state index in [4.69, 9.17) is 0 Å². The van der Waals surface area contributed by atoms with Crippen molar-refractivity contribution in [1.82, 2.24) is 28.5 Å². The minimum Gasteiger partial charge on any atom is -0.320 e. The van der Waals surface area contributed by atoms with E-state index in [1.165, 1.54) is 0 Å². The molecule has 0 atom stereocenters. The molecule has 0 bridgehead atoms. The Morgan fingerprint density at radius 2 is 2.03 bits per heavy atom. The van der Waals surface area contributed by atoms with Gasteiger partial charge in [0.2, 0.25) is 5.16 Å². The Morgan fingerprint density at radius 1 is 1.17 bits per heavy atom. The van der Waals surface area contributed by atoms with Crippen LogP contribution < -0.4 is 0 Å². The molecule has 11 heteroatoms. The molecule has 142 valence electrons. The van der Waals surface area contributed by atoms with Gasteiger partial charge in [0.1, 0.15) is 11.0 Å². The van der Waals surface area contributed by atoms with E-state index in [9.17, 15) is 10.1 Å². The molecule has 0 radical (unpaired) electrons. The molecule has 3 heterocycles. The predicted molar refractivity (Wildman–Crippen MR) is 111 cm³/mol. The van der Waals surface area contributed by atoms with Crippen LogP contribution in [0.1, 0.15) is 0 Å². The third kappa shape index (κ3) is 2.82. The lowest BCUT2D eigenvalue weighted by molar-refractivity contribution is -0.386. The van der Waals surface area contributed by atoms with E-state index < -0.39 is 4.92 Å². The van der Waals surface area contributed by atoms with Gasteiger partial charge in [0.05, 0.1) is 27.1 Å². The summed E-state index contributed by atoms with van der Waals surface area (Å²) >= 11 is 2.02. The Balaban J connectivity index is 1.67. The average molecular weight is 421 g/mol. The van der Waals surface area contributed by atoms with Crippen LogP contribution in [0.4, 0.5) is 5.69 Å². The maximum absolute atomic E-state index is 11.7. The number of hydrogen-bond acceptors (Lipinski definition) is 9. The number of nitro groups is 1. The number of aromatic nitrogens is 6. The first-order valence-electron chi connectivity index (χ1n) is 8.47. The molecule has 3 aromatic heterocycles. The number of allylic oxidation sites excluding steroid dienone is 1. The SMILES string of the molecule is C=CCn1c2ccccc2c2nnc(Sc3ccc4nsnc4c3[N+](=O)[O-])nc21. The molecule has 0 aliphatic carbocycles. The zero-order valence-corrected chi connectivity index (χ0v) is 16.4. The van der Waals surface area contributed by atoms with Gasteiger partial charge in [0.25, 0.3) is 0 Å². The number of para-hydroxylation sites is 1. The molecule has 0 unspecified atom stereocenters. The zero-order valence-electron chi connectivity index (χ0n) is 14.7. The third-order valence-corrected chi connectivity index (χ3v) is 5.86. The van der Waals surface area contributed by atoms with E-state index in [0.29, 0.717) is 33.3 Å². The number of benzene rings is 2. The van der Waals surface area contributed by atoms with E-state index in [1.807, 2.05) is 28.8 Å². The van der Waals surface area contributed by atoms with Crippen LogP contribution in [0.15, 0.2) is 59.1 Å². The van der Waals surface area contributed by atoms with Gasteiger partial charge in [-0.05, 0) is 30.0 Å². The van der Waals surface area contributed by atoms with E-state index in [2.05, 4.69) is 30.5 Å². The molecule has 2 aromatic carbocycles. The monoisotopic (exact) mass is 421 g/mol. The summed E-state index contributed by atoms with van der Waals surface area (Å²) in [6, 6.07) is 11.2. The number of nitrogens with zero attached hydrogens (tertiary/aromatic N) is 7. The highest BCUT2D eigenvalue weighted by Gasteiger charge is 2.24. The van der Waals surface area contributed by atoms with Gasteiger partial charge in [-0.25, -0.2) is 4.98 Å². The Bertz CT molecular complexity index is 1430. The maximum Gasteiger partial charge on any atom is 0.312 e. The Labute approximate surface area is 171 Å². The molecule has 5 aromatic rings. The highest BCUT2D eigenvalue weighted by molar-refractivity contribution is 7.99. The van der Waals surface area contributed by atoms with E-state index in [-0.39, 0.29) is 11.2 Å². The average Bonchev–Trinajstić information content (AvgIpc) is 3.31. The molecule has 0 saturated heterocycles. The second-order valence-corrected chi connectivity index (χ2v) is 7.62. The summed E-state index contributed by atoms with van der Waals surface area (Å²) in [5.74, 6) is 0. The summed E-state index contributed by atoms with van der Waals surface area (Å²) in [7, 11) is 0. The van der Waals surface area contributed by atoms with Gasteiger partial charge < -0.3 is 4.57 Å². The summed E-state index contributed by atoms with van der Waals surface area (Å²) in [5, 5.41) is 21.5. The summed E-state index contributed by atoms with van der Waals surface area (Å²) in [6.07, 6.45) is 1.79. The second-order valence-electron chi connectivity index (χ2n) is 6.09. The summed E-state index contributed by atoms with van der Waals surface area (Å²) in [5.41, 5.74) is 2.97. The van der Waals surface area contributed by atoms with Crippen molar-refractivity contribution >= 4 is 62.3 Å². The fraction of sp³-hybridized carbons (Fsp3) is 0.0556. The lowest BCUT2D eigenvalue weighted by atomic mass is 10.2. The van der Waals surface area contributed by atoms with Crippen LogP contribution >= 0.6 is 23.5 Å². The number of hydrogen-bond donors (Lipinski definition) is 0. The smallest absolute Gasteiger partial charge is 0.312 e. The van der Waals surface area contributed by atoms with Crippen LogP contribution in [-0.4, -0.2) is 33.4 Å². The van der Waals surface area contributed by atoms with Crippen LogP contribution in [0.3, 0.4) is 0 Å². The topological polar surface area (TPSA) is 113 Å². The molecule has 5 rings (SSSR count). The summed E-state index contributed by atoms with van der Waals surface area (Å²) in [6.45, 7) is 4.38. The molecule has 0 aliphatic heterocycles. The van der Waals surface area contributed by atoms with Crippen LogP contribution in [-0.2, 0) is 6.54 Å². The lowest BCUT2D eigenvalue weighted by Crippen LogP contribution is -1.99. The largest absolute Gasteiger partial charge is 0.320 e. The van der Waals surface area contributed by atoms with Gasteiger partial charge in [0, 0.05) is 11.9 Å². The van der Waals surface area contributed by atoms with Gasteiger partial charge in [-0.15, -0.1) is 16.8 Å². The second kappa shape index (κ2) is 6.87. The standard InChI is InChI=1S/C18H11N7O2S2/c1-2-9-24-12-6-4-3-5-10(12)14-17(24)19-18(21-20-14)28-13-8-7-11-15(23-29-22-11)16(13)25(26)27/h2-8H,1,9H2. The highest BCUT2D eigenvalue weighted by Crippen LogP contribution is 2.38. The number of nitro benzene ring substituents is 1. The van der Waals surface area contributed by atoms with Crippen molar-refractivity contribution in [3.05, 3.63) is 59.2 Å². The molecule has 0 aliphatic rings. The summed E-state index contributed by atoms with van der Waals surface area (Å²) < 4.78 is 10.1. The Hall–Kier alpha value is -3.44.